The van der Waals surface area contributed by atoms with Crippen molar-refractivity contribution in [3.05, 3.63) is 97.0 Å². The van der Waals surface area contributed by atoms with Crippen LogP contribution in [0, 0.1) is 0 Å². The molecule has 1 atom stereocenters. The number of H-pyrrole nitrogens is 1. The third-order valence-electron chi connectivity index (χ3n) is 5.51. The Labute approximate surface area is 194 Å². The summed E-state index contributed by atoms with van der Waals surface area (Å²) >= 11 is 0. The first-order chi connectivity index (χ1) is 16.6. The van der Waals surface area contributed by atoms with Gasteiger partial charge in [-0.3, -0.25) is 9.78 Å². The molecule has 0 aliphatic heterocycles. The van der Waals surface area contributed by atoms with Crippen LogP contribution in [0.25, 0.3) is 22.0 Å². The third-order valence-corrected chi connectivity index (χ3v) is 5.51. The normalized spacial score (nSPS) is 12.8. The maximum Gasteiger partial charge on any atom is 0.269 e. The number of fused-ring (bicyclic) bond motifs is 1. The zero-order valence-electron chi connectivity index (χ0n) is 18.1. The lowest BCUT2D eigenvalue weighted by atomic mass is 9.91. The summed E-state index contributed by atoms with van der Waals surface area (Å²) in [4.78, 5) is 24.7. The maximum absolute atomic E-state index is 13.4. The van der Waals surface area contributed by atoms with E-state index in [1.807, 2.05) is 18.2 Å². The van der Waals surface area contributed by atoms with Gasteiger partial charge in [0.05, 0.1) is 30.7 Å². The monoisotopic (exact) mass is 452 g/mol. The number of hydrogen-bond acceptors (Lipinski definition) is 7. The van der Waals surface area contributed by atoms with E-state index in [0.29, 0.717) is 28.1 Å². The van der Waals surface area contributed by atoms with Gasteiger partial charge < -0.3 is 20.1 Å². The molecular weight excluding hydrogens is 432 g/mol. The number of nitrogens with one attached hydrogen (secondary N) is 2. The topological polar surface area (TPSA) is 126 Å². The van der Waals surface area contributed by atoms with E-state index in [0.717, 1.165) is 10.9 Å². The van der Waals surface area contributed by atoms with Crippen LogP contribution in [-0.2, 0) is 10.4 Å². The predicted molar refractivity (Wildman–Crippen MR) is 126 cm³/mol. The Morgan fingerprint density at radius 2 is 1.94 bits per heavy atom. The quantitative estimate of drug-likeness (QED) is 0.361. The Morgan fingerprint density at radius 3 is 2.71 bits per heavy atom. The molecule has 0 aliphatic rings. The highest BCUT2D eigenvalue weighted by molar-refractivity contribution is 6.01. The fraction of sp³-hybridized carbons (Fsp3) is 0.0800. The van der Waals surface area contributed by atoms with Crippen molar-refractivity contribution in [2.45, 2.75) is 5.60 Å². The summed E-state index contributed by atoms with van der Waals surface area (Å²) in [6.07, 6.45) is 7.84. The summed E-state index contributed by atoms with van der Waals surface area (Å²) in [7, 11) is 1.60. The van der Waals surface area contributed by atoms with Gasteiger partial charge >= 0.3 is 0 Å². The number of aromatic nitrogens is 5. The second-order valence-corrected chi connectivity index (χ2v) is 7.57. The van der Waals surface area contributed by atoms with Gasteiger partial charge in [-0.1, -0.05) is 30.3 Å². The molecular formula is C25H20N6O3. The Kier molecular flexibility index (Phi) is 5.44. The molecule has 0 radical (unpaired) electrons. The predicted octanol–water partition coefficient (Wildman–Crippen LogP) is 3.30. The van der Waals surface area contributed by atoms with Gasteiger partial charge in [0.1, 0.15) is 5.75 Å². The second kappa shape index (κ2) is 8.72. The van der Waals surface area contributed by atoms with Crippen molar-refractivity contribution in [2.75, 3.05) is 12.4 Å². The molecule has 3 heterocycles. The first-order valence-electron chi connectivity index (χ1n) is 10.4. The van der Waals surface area contributed by atoms with E-state index in [1.165, 1.54) is 12.4 Å². The number of carbonyl (C=O) groups is 1. The number of methoxy groups -OCH3 is 1. The van der Waals surface area contributed by atoms with Gasteiger partial charge in [-0.15, -0.1) is 0 Å². The zero-order valence-corrected chi connectivity index (χ0v) is 18.1. The molecule has 0 saturated heterocycles. The lowest BCUT2D eigenvalue weighted by Crippen LogP contribution is -2.42. The molecule has 9 nitrogen and oxygen atoms in total. The van der Waals surface area contributed by atoms with E-state index in [-0.39, 0.29) is 5.82 Å². The van der Waals surface area contributed by atoms with E-state index >= 15 is 0 Å². The largest absolute Gasteiger partial charge is 0.497 e. The summed E-state index contributed by atoms with van der Waals surface area (Å²) in [6.45, 7) is 0. The van der Waals surface area contributed by atoms with Crippen LogP contribution in [0.3, 0.4) is 0 Å². The van der Waals surface area contributed by atoms with E-state index < -0.39 is 11.5 Å². The smallest absolute Gasteiger partial charge is 0.269 e. The molecule has 9 heteroatoms. The van der Waals surface area contributed by atoms with E-state index in [9.17, 15) is 9.90 Å². The van der Waals surface area contributed by atoms with Gasteiger partial charge in [-0.25, -0.2) is 4.98 Å². The highest BCUT2D eigenvalue weighted by Crippen LogP contribution is 2.32. The standard InChI is InChI=1S/C25H20N6O3/c1-34-19-7-8-22-20(12-19)21(15-29-31-22)16-11-18(14-26-13-16)30-24(32)25(33,23-27-9-10-28-23)17-5-3-2-4-6-17/h2-15,33H,1H3,(H,27,28)(H,30,32)/t25-/m0/s1. The van der Waals surface area contributed by atoms with Crippen molar-refractivity contribution in [1.29, 1.82) is 0 Å². The molecule has 5 rings (SSSR count). The van der Waals surface area contributed by atoms with Crippen LogP contribution >= 0.6 is 0 Å². The Balaban J connectivity index is 1.52. The second-order valence-electron chi connectivity index (χ2n) is 7.57. The number of nitrogens with zero attached hydrogens (tertiary/aromatic N) is 4. The molecule has 5 aromatic rings. The Morgan fingerprint density at radius 1 is 1.09 bits per heavy atom. The van der Waals surface area contributed by atoms with Crippen LogP contribution < -0.4 is 10.1 Å². The molecule has 168 valence electrons. The van der Waals surface area contributed by atoms with Crippen molar-refractivity contribution in [3.8, 4) is 16.9 Å². The molecule has 0 saturated carbocycles. The van der Waals surface area contributed by atoms with Gasteiger partial charge in [0.15, 0.2) is 5.82 Å². The van der Waals surface area contributed by atoms with Crippen molar-refractivity contribution < 1.29 is 14.6 Å². The number of benzene rings is 2. The Bertz CT molecular complexity index is 1460. The van der Waals surface area contributed by atoms with Gasteiger partial charge in [0, 0.05) is 40.7 Å². The lowest BCUT2D eigenvalue weighted by molar-refractivity contribution is -0.131. The minimum atomic E-state index is -2.03. The van der Waals surface area contributed by atoms with Gasteiger partial charge in [-0.2, -0.15) is 10.2 Å². The number of carbonyl (C=O) groups excluding carboxylic acids is 1. The number of aromatic amines is 1. The summed E-state index contributed by atoms with van der Waals surface area (Å²) in [6, 6.07) is 15.9. The van der Waals surface area contributed by atoms with E-state index in [2.05, 4.69) is 30.5 Å². The molecule has 34 heavy (non-hydrogen) atoms. The molecule has 3 aromatic heterocycles. The highest BCUT2D eigenvalue weighted by Gasteiger charge is 2.42. The zero-order chi connectivity index (χ0) is 23.5. The third kappa shape index (κ3) is 3.74. The number of imidazole rings is 1. The number of rotatable bonds is 6. The Hall–Kier alpha value is -4.63. The number of aliphatic hydroxyl groups is 1. The van der Waals surface area contributed by atoms with E-state index in [4.69, 9.17) is 4.74 Å². The fourth-order valence-corrected chi connectivity index (χ4v) is 3.79. The fourth-order valence-electron chi connectivity index (χ4n) is 3.79. The molecule has 2 aromatic carbocycles. The number of amides is 1. The average Bonchev–Trinajstić information content (AvgIpc) is 3.44. The summed E-state index contributed by atoms with van der Waals surface area (Å²) in [5.74, 6) is 0.120. The molecule has 0 fully saturated rings. The summed E-state index contributed by atoms with van der Waals surface area (Å²) in [5.41, 5.74) is 0.936. The summed E-state index contributed by atoms with van der Waals surface area (Å²) < 4.78 is 5.35. The van der Waals surface area contributed by atoms with Crippen molar-refractivity contribution >= 4 is 22.5 Å². The SMILES string of the molecule is COc1ccc2nncc(-c3cncc(NC(=O)[C@](O)(c4ccccc4)c4ncc[nH]4)c3)c2c1. The molecule has 0 spiro atoms. The molecule has 0 unspecified atom stereocenters. The number of ether oxygens (including phenoxy) is 1. The van der Waals surface area contributed by atoms with Crippen molar-refractivity contribution in [1.82, 2.24) is 25.1 Å². The number of hydrogen-bond donors (Lipinski definition) is 3. The van der Waals surface area contributed by atoms with Crippen LogP contribution in [0.1, 0.15) is 11.4 Å². The van der Waals surface area contributed by atoms with Crippen LogP contribution in [0.2, 0.25) is 0 Å². The van der Waals surface area contributed by atoms with Crippen LogP contribution in [-0.4, -0.2) is 43.3 Å². The number of pyridine rings is 1. The van der Waals surface area contributed by atoms with Crippen LogP contribution in [0.5, 0.6) is 5.75 Å². The molecule has 0 aliphatic carbocycles. The van der Waals surface area contributed by atoms with Crippen molar-refractivity contribution in [3.63, 3.8) is 0 Å². The average molecular weight is 452 g/mol. The van der Waals surface area contributed by atoms with Gasteiger partial charge in [0.25, 0.3) is 5.91 Å². The maximum atomic E-state index is 13.4. The minimum absolute atomic E-state index is 0.108. The first kappa shape index (κ1) is 21.2. The molecule has 0 bridgehead atoms. The van der Waals surface area contributed by atoms with E-state index in [1.54, 1.807) is 62.1 Å². The van der Waals surface area contributed by atoms with Crippen LogP contribution in [0.15, 0.2) is 85.6 Å². The van der Waals surface area contributed by atoms with Gasteiger partial charge in [0.2, 0.25) is 5.60 Å². The molecule has 1 amide bonds. The first-order valence-corrected chi connectivity index (χ1v) is 10.4. The summed E-state index contributed by atoms with van der Waals surface area (Å²) in [5, 5.41) is 23.4. The minimum Gasteiger partial charge on any atom is -0.497 e. The van der Waals surface area contributed by atoms with Crippen LogP contribution in [0.4, 0.5) is 5.69 Å². The highest BCUT2D eigenvalue weighted by atomic mass is 16.5. The van der Waals surface area contributed by atoms with Crippen molar-refractivity contribution in [2.24, 2.45) is 0 Å². The lowest BCUT2D eigenvalue weighted by Gasteiger charge is -2.25. The number of anilines is 1. The molecule has 3 N–H and O–H groups in total. The van der Waals surface area contributed by atoms with Gasteiger partial charge in [-0.05, 0) is 24.3 Å².